The fourth-order valence-corrected chi connectivity index (χ4v) is 1.74. The van der Waals surface area contributed by atoms with Crippen molar-refractivity contribution in [3.8, 4) is 6.07 Å². The first-order valence-corrected chi connectivity index (χ1v) is 6.86. The van der Waals surface area contributed by atoms with Crippen LogP contribution < -0.4 is 5.32 Å². The molecule has 1 atom stereocenters. The molecule has 0 aliphatic rings. The number of carbonyl (C=O) groups excluding carboxylic acids is 1. The average molecular weight is 329 g/mol. The molecule has 126 valence electrons. The number of nitriles is 1. The van der Waals surface area contributed by atoms with Gasteiger partial charge in [0.1, 0.15) is 6.61 Å². The molecule has 1 aromatic carbocycles. The van der Waals surface area contributed by atoms with Gasteiger partial charge in [-0.2, -0.15) is 18.4 Å². The molecule has 1 aromatic rings. The Morgan fingerprint density at radius 2 is 2.00 bits per heavy atom. The number of nitrogens with one attached hydrogen (secondary N) is 1. The summed E-state index contributed by atoms with van der Waals surface area (Å²) in [6.07, 6.45) is -4.38. The Morgan fingerprint density at radius 3 is 2.52 bits per heavy atom. The van der Waals surface area contributed by atoms with Gasteiger partial charge in [-0.05, 0) is 24.6 Å². The summed E-state index contributed by atoms with van der Waals surface area (Å²) in [4.78, 5) is 13.3. The first-order valence-electron chi connectivity index (χ1n) is 6.86. The molecule has 0 radical (unpaired) electrons. The quantitative estimate of drug-likeness (QED) is 0.872. The lowest BCUT2D eigenvalue weighted by Crippen LogP contribution is -2.43. The lowest BCUT2D eigenvalue weighted by molar-refractivity contribution is -0.174. The number of carbonyl (C=O) groups is 1. The second-order valence-corrected chi connectivity index (χ2v) is 5.15. The van der Waals surface area contributed by atoms with Gasteiger partial charge in [0.05, 0.1) is 24.3 Å². The maximum atomic E-state index is 12.0. The van der Waals surface area contributed by atoms with E-state index in [1.807, 2.05) is 6.07 Å². The third kappa shape index (κ3) is 7.51. The van der Waals surface area contributed by atoms with Crippen molar-refractivity contribution in [2.75, 3.05) is 20.3 Å². The van der Waals surface area contributed by atoms with Gasteiger partial charge in [0.15, 0.2) is 0 Å². The van der Waals surface area contributed by atoms with Crippen molar-refractivity contribution in [1.29, 1.82) is 5.26 Å². The second kappa shape index (κ2) is 8.39. The van der Waals surface area contributed by atoms with Crippen molar-refractivity contribution in [2.45, 2.75) is 25.7 Å². The van der Waals surface area contributed by atoms with Crippen LogP contribution in [0, 0.1) is 11.3 Å². The van der Waals surface area contributed by atoms with E-state index in [9.17, 15) is 18.0 Å². The molecule has 1 N–H and O–H groups in total. The van der Waals surface area contributed by atoms with Gasteiger partial charge in [0.2, 0.25) is 0 Å². The summed E-state index contributed by atoms with van der Waals surface area (Å²) in [6.45, 7) is 0.307. The van der Waals surface area contributed by atoms with Gasteiger partial charge in [-0.25, -0.2) is 4.79 Å². The van der Waals surface area contributed by atoms with E-state index in [0.717, 1.165) is 5.56 Å². The molecule has 0 saturated heterocycles. The van der Waals surface area contributed by atoms with Crippen LogP contribution in [0.15, 0.2) is 24.3 Å². The largest absolute Gasteiger partial charge is 0.411 e. The van der Waals surface area contributed by atoms with Crippen LogP contribution in [0.4, 0.5) is 18.0 Å². The van der Waals surface area contributed by atoms with Crippen molar-refractivity contribution in [1.82, 2.24) is 10.2 Å². The Kier molecular flexibility index (Phi) is 6.85. The zero-order chi connectivity index (χ0) is 17.5. The lowest BCUT2D eigenvalue weighted by atomic mass is 10.1. The highest BCUT2D eigenvalue weighted by Crippen LogP contribution is 2.14. The number of alkyl halides is 3. The Labute approximate surface area is 132 Å². The number of halogens is 3. The molecule has 1 rings (SSSR count). The van der Waals surface area contributed by atoms with E-state index in [0.29, 0.717) is 12.1 Å². The number of ether oxygens (including phenoxy) is 1. The Bertz CT molecular complexity index is 553. The molecule has 2 amide bonds. The predicted molar refractivity (Wildman–Crippen MR) is 77.5 cm³/mol. The summed E-state index contributed by atoms with van der Waals surface area (Å²) in [6, 6.07) is 7.80. The van der Waals surface area contributed by atoms with Crippen molar-refractivity contribution in [3.05, 3.63) is 35.4 Å². The molecule has 0 bridgehead atoms. The minimum atomic E-state index is -4.38. The van der Waals surface area contributed by atoms with Gasteiger partial charge in [-0.15, -0.1) is 0 Å². The number of nitrogens with zero attached hydrogens (tertiary/aromatic N) is 2. The number of rotatable bonds is 6. The first kappa shape index (κ1) is 18.8. The number of benzene rings is 1. The summed E-state index contributed by atoms with van der Waals surface area (Å²) < 4.78 is 40.4. The van der Waals surface area contributed by atoms with E-state index in [-0.39, 0.29) is 6.61 Å². The Balaban J connectivity index is 2.39. The van der Waals surface area contributed by atoms with Crippen LogP contribution in [-0.4, -0.2) is 43.4 Å². The smallest absolute Gasteiger partial charge is 0.370 e. The maximum Gasteiger partial charge on any atom is 0.411 e. The second-order valence-electron chi connectivity index (χ2n) is 5.15. The van der Waals surface area contributed by atoms with Gasteiger partial charge < -0.3 is 15.0 Å². The number of hydrogen-bond donors (Lipinski definition) is 1. The fourth-order valence-electron chi connectivity index (χ4n) is 1.74. The van der Waals surface area contributed by atoms with Crippen LogP contribution in [0.25, 0.3) is 0 Å². The van der Waals surface area contributed by atoms with E-state index in [1.54, 1.807) is 38.2 Å². The minimum Gasteiger partial charge on any atom is -0.370 e. The average Bonchev–Trinajstić information content (AvgIpc) is 2.46. The summed E-state index contributed by atoms with van der Waals surface area (Å²) in [5, 5.41) is 11.3. The van der Waals surface area contributed by atoms with Gasteiger partial charge in [-0.1, -0.05) is 12.1 Å². The van der Waals surface area contributed by atoms with E-state index >= 15 is 0 Å². The molecule has 0 fully saturated rings. The van der Waals surface area contributed by atoms with Crippen LogP contribution in [0.5, 0.6) is 0 Å². The fraction of sp³-hybridized carbons (Fsp3) is 0.467. The molecule has 1 unspecified atom stereocenters. The van der Waals surface area contributed by atoms with Crippen LogP contribution in [-0.2, 0) is 11.3 Å². The summed E-state index contributed by atoms with van der Waals surface area (Å²) >= 11 is 0. The highest BCUT2D eigenvalue weighted by molar-refractivity contribution is 5.74. The van der Waals surface area contributed by atoms with E-state index in [2.05, 4.69) is 10.1 Å². The molecule has 0 spiro atoms. The predicted octanol–water partition coefficient (Wildman–Crippen LogP) is 2.67. The highest BCUT2D eigenvalue weighted by atomic mass is 19.4. The van der Waals surface area contributed by atoms with Crippen molar-refractivity contribution in [3.63, 3.8) is 0 Å². The van der Waals surface area contributed by atoms with Crippen LogP contribution in [0.2, 0.25) is 0 Å². The molecule has 5 nitrogen and oxygen atoms in total. The van der Waals surface area contributed by atoms with Crippen molar-refractivity contribution < 1.29 is 22.7 Å². The summed E-state index contributed by atoms with van der Waals surface area (Å²) in [7, 11) is 1.57. The zero-order valence-electron chi connectivity index (χ0n) is 12.9. The number of hydrogen-bond acceptors (Lipinski definition) is 3. The van der Waals surface area contributed by atoms with Crippen LogP contribution in [0.1, 0.15) is 18.1 Å². The Morgan fingerprint density at radius 1 is 1.39 bits per heavy atom. The third-order valence-corrected chi connectivity index (χ3v) is 2.85. The topological polar surface area (TPSA) is 65.4 Å². The molecule has 0 aliphatic carbocycles. The first-order chi connectivity index (χ1) is 10.7. The number of amides is 2. The van der Waals surface area contributed by atoms with E-state index < -0.39 is 24.9 Å². The van der Waals surface area contributed by atoms with E-state index in [4.69, 9.17) is 5.26 Å². The third-order valence-electron chi connectivity index (χ3n) is 2.85. The molecule has 0 aliphatic heterocycles. The van der Waals surface area contributed by atoms with Gasteiger partial charge in [0, 0.05) is 13.6 Å². The van der Waals surface area contributed by atoms with Gasteiger partial charge in [-0.3, -0.25) is 0 Å². The SMILES string of the molecule is CC(COCC(F)(F)F)NC(=O)N(C)Cc1ccc(C#N)cc1. The monoisotopic (exact) mass is 329 g/mol. The minimum absolute atomic E-state index is 0.226. The van der Waals surface area contributed by atoms with Crippen molar-refractivity contribution >= 4 is 6.03 Å². The summed E-state index contributed by atoms with van der Waals surface area (Å²) in [5.41, 5.74) is 1.36. The molecule has 23 heavy (non-hydrogen) atoms. The molecular weight excluding hydrogens is 311 g/mol. The lowest BCUT2D eigenvalue weighted by Gasteiger charge is -2.21. The van der Waals surface area contributed by atoms with Crippen LogP contribution >= 0.6 is 0 Å². The summed E-state index contributed by atoms with van der Waals surface area (Å²) in [5.74, 6) is 0. The van der Waals surface area contributed by atoms with Gasteiger partial charge >= 0.3 is 12.2 Å². The number of urea groups is 1. The molecule has 0 aromatic heterocycles. The van der Waals surface area contributed by atoms with E-state index in [1.165, 1.54) is 4.90 Å². The molecular formula is C15H18F3N3O2. The molecule has 0 heterocycles. The Hall–Kier alpha value is -2.27. The normalized spacial score (nSPS) is 12.3. The molecule has 0 saturated carbocycles. The highest BCUT2D eigenvalue weighted by Gasteiger charge is 2.27. The standard InChI is InChI=1S/C15H18F3N3O2/c1-11(9-23-10-15(16,17)18)20-14(22)21(2)8-13-5-3-12(7-19)4-6-13/h3-6,11H,8-10H2,1-2H3,(H,20,22). The van der Waals surface area contributed by atoms with Crippen molar-refractivity contribution in [2.24, 2.45) is 0 Å². The maximum absolute atomic E-state index is 12.0. The molecule has 8 heteroatoms. The zero-order valence-corrected chi connectivity index (χ0v) is 12.9. The van der Waals surface area contributed by atoms with Gasteiger partial charge in [0.25, 0.3) is 0 Å². The van der Waals surface area contributed by atoms with Crippen LogP contribution in [0.3, 0.4) is 0 Å².